The smallest absolute Gasteiger partial charge is 0.186 e. The van der Waals surface area contributed by atoms with Gasteiger partial charge in [0.05, 0.1) is 0 Å². The summed E-state index contributed by atoms with van der Waals surface area (Å²) in [4.78, 5) is 0. The topological polar surface area (TPSA) is 9.23 Å². The van der Waals surface area contributed by atoms with Crippen molar-refractivity contribution in [2.24, 2.45) is 0 Å². The van der Waals surface area contributed by atoms with Crippen molar-refractivity contribution in [1.82, 2.24) is 0 Å². The lowest BCUT2D eigenvalue weighted by Crippen LogP contribution is -2.30. The molecule has 0 rings (SSSR count). The lowest BCUT2D eigenvalue weighted by molar-refractivity contribution is 0.306. The molecule has 0 unspecified atom stereocenters. The van der Waals surface area contributed by atoms with E-state index in [1.54, 1.807) is 0 Å². The van der Waals surface area contributed by atoms with E-state index in [-0.39, 0.29) is 0 Å². The Morgan fingerprint density at radius 1 is 1.36 bits per heavy atom. The fraction of sp³-hybridized carbons (Fsp3) is 1.00. The first-order valence-corrected chi connectivity index (χ1v) is 8.56. The predicted molar refractivity (Wildman–Crippen MR) is 56.9 cm³/mol. The Balaban J connectivity index is 3.43. The molecule has 11 heavy (non-hydrogen) atoms. The molecule has 68 valence electrons. The largest absolute Gasteiger partial charge is 0.417 e. The van der Waals surface area contributed by atoms with Crippen LogP contribution in [0.25, 0.3) is 0 Å². The molecule has 1 nitrogen and oxygen atoms in total. The van der Waals surface area contributed by atoms with Crippen LogP contribution in [0.5, 0.6) is 0 Å². The summed E-state index contributed by atoms with van der Waals surface area (Å²) in [6, 6.07) is 1.28. The van der Waals surface area contributed by atoms with Crippen LogP contribution in [0.2, 0.25) is 19.1 Å². The molecule has 0 atom stereocenters. The van der Waals surface area contributed by atoms with E-state index in [9.17, 15) is 0 Å². The molecular formula is C8H19BrOSi. The van der Waals surface area contributed by atoms with Crippen molar-refractivity contribution < 1.29 is 4.43 Å². The third-order valence-electron chi connectivity index (χ3n) is 1.61. The van der Waals surface area contributed by atoms with E-state index in [4.69, 9.17) is 4.43 Å². The summed E-state index contributed by atoms with van der Waals surface area (Å²) in [5.41, 5.74) is 0. The van der Waals surface area contributed by atoms with Gasteiger partial charge in [0.15, 0.2) is 8.32 Å². The van der Waals surface area contributed by atoms with Gasteiger partial charge >= 0.3 is 0 Å². The van der Waals surface area contributed by atoms with E-state index in [1.165, 1.54) is 12.5 Å². The van der Waals surface area contributed by atoms with Gasteiger partial charge in [0, 0.05) is 11.9 Å². The highest BCUT2D eigenvalue weighted by molar-refractivity contribution is 9.09. The van der Waals surface area contributed by atoms with Gasteiger partial charge in [-0.3, -0.25) is 0 Å². The molecule has 3 heteroatoms. The average molecular weight is 239 g/mol. The summed E-state index contributed by atoms with van der Waals surface area (Å²) in [7, 11) is -1.28. The SMILES string of the molecule is CCCO[Si](C)(C)CCCBr. The van der Waals surface area contributed by atoms with Crippen molar-refractivity contribution >= 4 is 24.2 Å². The van der Waals surface area contributed by atoms with Gasteiger partial charge in [0.1, 0.15) is 0 Å². The summed E-state index contributed by atoms with van der Waals surface area (Å²) in [5, 5.41) is 1.11. The summed E-state index contributed by atoms with van der Waals surface area (Å²) in [6.45, 7) is 7.70. The van der Waals surface area contributed by atoms with Crippen molar-refractivity contribution in [3.63, 3.8) is 0 Å². The van der Waals surface area contributed by atoms with Crippen LogP contribution >= 0.6 is 15.9 Å². The van der Waals surface area contributed by atoms with Gasteiger partial charge in [-0.2, -0.15) is 0 Å². The highest BCUT2D eigenvalue weighted by Crippen LogP contribution is 2.14. The third-order valence-corrected chi connectivity index (χ3v) is 4.71. The molecule has 0 radical (unpaired) electrons. The van der Waals surface area contributed by atoms with Crippen LogP contribution in [-0.4, -0.2) is 20.3 Å². The summed E-state index contributed by atoms with van der Waals surface area (Å²) in [5.74, 6) is 0. The zero-order valence-corrected chi connectivity index (χ0v) is 10.4. The third kappa shape index (κ3) is 7.03. The zero-order chi connectivity index (χ0) is 8.74. The average Bonchev–Trinajstić information content (AvgIpc) is 1.97. The lowest BCUT2D eigenvalue weighted by Gasteiger charge is -2.21. The molecule has 0 aliphatic carbocycles. The molecule has 0 fully saturated rings. The van der Waals surface area contributed by atoms with Gasteiger partial charge in [-0.25, -0.2) is 0 Å². The lowest BCUT2D eigenvalue weighted by atomic mass is 10.5. The second-order valence-corrected chi connectivity index (χ2v) is 8.50. The molecular weight excluding hydrogens is 220 g/mol. The van der Waals surface area contributed by atoms with Gasteiger partial charge in [0.2, 0.25) is 0 Å². The molecule has 0 saturated heterocycles. The Morgan fingerprint density at radius 2 is 2.00 bits per heavy atom. The Morgan fingerprint density at radius 3 is 2.45 bits per heavy atom. The minimum Gasteiger partial charge on any atom is -0.417 e. The molecule has 0 spiro atoms. The number of halogens is 1. The highest BCUT2D eigenvalue weighted by Gasteiger charge is 2.20. The molecule has 0 N–H and O–H groups in total. The molecule has 0 aliphatic rings. The van der Waals surface area contributed by atoms with E-state index in [0.29, 0.717) is 0 Å². The number of rotatable bonds is 6. The maximum absolute atomic E-state index is 5.80. The first-order valence-electron chi connectivity index (χ1n) is 4.32. The second-order valence-electron chi connectivity index (χ2n) is 3.40. The van der Waals surface area contributed by atoms with Gasteiger partial charge in [-0.15, -0.1) is 0 Å². The van der Waals surface area contributed by atoms with E-state index in [2.05, 4.69) is 35.9 Å². The van der Waals surface area contributed by atoms with Gasteiger partial charge in [0.25, 0.3) is 0 Å². The monoisotopic (exact) mass is 238 g/mol. The normalized spacial score (nSPS) is 12.0. The van der Waals surface area contributed by atoms with Crippen LogP contribution in [0.3, 0.4) is 0 Å². The van der Waals surface area contributed by atoms with Gasteiger partial charge in [-0.1, -0.05) is 22.9 Å². The number of hydrogen-bond donors (Lipinski definition) is 0. The van der Waals surface area contributed by atoms with Crippen LogP contribution in [0, 0.1) is 0 Å². The quantitative estimate of drug-likeness (QED) is 0.510. The first-order chi connectivity index (χ1) is 5.12. The van der Waals surface area contributed by atoms with Crippen LogP contribution in [0.15, 0.2) is 0 Å². The van der Waals surface area contributed by atoms with Crippen molar-refractivity contribution in [2.75, 3.05) is 11.9 Å². The van der Waals surface area contributed by atoms with Crippen molar-refractivity contribution in [2.45, 2.75) is 38.9 Å². The minimum atomic E-state index is -1.28. The molecule has 0 heterocycles. The van der Waals surface area contributed by atoms with Crippen LogP contribution in [-0.2, 0) is 4.43 Å². The fourth-order valence-corrected chi connectivity index (χ4v) is 3.67. The number of alkyl halides is 1. The maximum Gasteiger partial charge on any atom is 0.186 e. The highest BCUT2D eigenvalue weighted by atomic mass is 79.9. The Kier molecular flexibility index (Phi) is 6.57. The van der Waals surface area contributed by atoms with Crippen molar-refractivity contribution in [1.29, 1.82) is 0 Å². The molecule has 0 aromatic rings. The Labute approximate surface area is 79.8 Å². The molecule has 0 aromatic carbocycles. The zero-order valence-electron chi connectivity index (χ0n) is 7.82. The van der Waals surface area contributed by atoms with Crippen molar-refractivity contribution in [3.05, 3.63) is 0 Å². The van der Waals surface area contributed by atoms with Crippen LogP contribution in [0.4, 0.5) is 0 Å². The molecule has 0 aliphatic heterocycles. The van der Waals surface area contributed by atoms with Gasteiger partial charge in [-0.05, 0) is 32.0 Å². The fourth-order valence-electron chi connectivity index (χ4n) is 0.943. The van der Waals surface area contributed by atoms with Gasteiger partial charge < -0.3 is 4.43 Å². The van der Waals surface area contributed by atoms with E-state index < -0.39 is 8.32 Å². The minimum absolute atomic E-state index is 0.946. The molecule has 0 aromatic heterocycles. The molecule has 0 bridgehead atoms. The molecule has 0 saturated carbocycles. The predicted octanol–water partition coefficient (Wildman–Crippen LogP) is 3.40. The Hall–Kier alpha value is 0.657. The van der Waals surface area contributed by atoms with Crippen LogP contribution in [0.1, 0.15) is 19.8 Å². The number of hydrogen-bond acceptors (Lipinski definition) is 1. The summed E-state index contributed by atoms with van der Waals surface area (Å²) < 4.78 is 5.80. The summed E-state index contributed by atoms with van der Waals surface area (Å²) in [6.07, 6.45) is 2.40. The Bertz CT molecular complexity index is 86.1. The second kappa shape index (κ2) is 6.20. The molecule has 0 amide bonds. The first kappa shape index (κ1) is 11.7. The van der Waals surface area contributed by atoms with E-state index in [0.717, 1.165) is 18.4 Å². The van der Waals surface area contributed by atoms with Crippen LogP contribution < -0.4 is 0 Å². The standard InChI is InChI=1S/C8H19BrOSi/c1-4-7-10-11(2,3)8-5-6-9/h4-8H2,1-3H3. The van der Waals surface area contributed by atoms with E-state index >= 15 is 0 Å². The van der Waals surface area contributed by atoms with E-state index in [1.807, 2.05) is 0 Å². The maximum atomic E-state index is 5.80. The van der Waals surface area contributed by atoms with Crippen molar-refractivity contribution in [3.8, 4) is 0 Å². The summed E-state index contributed by atoms with van der Waals surface area (Å²) >= 11 is 3.44.